The lowest BCUT2D eigenvalue weighted by Crippen LogP contribution is -2.50. The minimum absolute atomic E-state index is 0.0476. The van der Waals surface area contributed by atoms with Gasteiger partial charge in [-0.2, -0.15) is 18.3 Å². The summed E-state index contributed by atoms with van der Waals surface area (Å²) < 4.78 is 38.9. The molecule has 2 aromatic heterocycles. The van der Waals surface area contributed by atoms with Gasteiger partial charge in [0.1, 0.15) is 5.82 Å². The molecule has 0 N–H and O–H groups in total. The van der Waals surface area contributed by atoms with E-state index in [1.165, 1.54) is 11.8 Å². The summed E-state index contributed by atoms with van der Waals surface area (Å²) in [5.41, 5.74) is -1.59. The van der Waals surface area contributed by atoms with Crippen LogP contribution in [-0.2, 0) is 12.7 Å². The highest BCUT2D eigenvalue weighted by molar-refractivity contribution is 7.98. The minimum Gasteiger partial charge on any atom is -0.356 e. The zero-order valence-electron chi connectivity index (χ0n) is 12.7. The van der Waals surface area contributed by atoms with Crippen LogP contribution in [-0.4, -0.2) is 39.1 Å². The van der Waals surface area contributed by atoms with Crippen LogP contribution in [0.2, 0.25) is 0 Å². The van der Waals surface area contributed by atoms with Gasteiger partial charge in [-0.05, 0) is 18.4 Å². The summed E-state index contributed by atoms with van der Waals surface area (Å²) in [7, 11) is 0. The van der Waals surface area contributed by atoms with Crippen LogP contribution >= 0.6 is 11.8 Å². The predicted octanol–water partition coefficient (Wildman–Crippen LogP) is 1.91. The fraction of sp³-hybridized carbons (Fsp3) is 0.429. The zero-order chi connectivity index (χ0) is 17.3. The molecule has 2 aromatic rings. The van der Waals surface area contributed by atoms with Gasteiger partial charge < -0.3 is 4.90 Å². The highest BCUT2D eigenvalue weighted by Gasteiger charge is 2.34. The smallest absolute Gasteiger partial charge is 0.356 e. The largest absolute Gasteiger partial charge is 0.435 e. The normalized spacial score (nSPS) is 15.4. The fourth-order valence-electron chi connectivity index (χ4n) is 2.45. The van der Waals surface area contributed by atoms with Gasteiger partial charge in [0.15, 0.2) is 10.9 Å². The van der Waals surface area contributed by atoms with E-state index in [4.69, 9.17) is 0 Å². The number of anilines is 1. The quantitative estimate of drug-likeness (QED) is 0.615. The molecular weight excluding hydrogens is 343 g/mol. The second kappa shape index (κ2) is 6.42. The molecule has 0 bridgehead atoms. The monoisotopic (exact) mass is 357 g/mol. The van der Waals surface area contributed by atoms with Gasteiger partial charge in [-0.1, -0.05) is 11.8 Å². The van der Waals surface area contributed by atoms with Gasteiger partial charge >= 0.3 is 6.18 Å². The summed E-state index contributed by atoms with van der Waals surface area (Å²) in [6.07, 6.45) is -1.01. The average Bonchev–Trinajstić information content (AvgIpc) is 2.51. The van der Waals surface area contributed by atoms with E-state index in [1.807, 2.05) is 11.2 Å². The summed E-state index contributed by atoms with van der Waals surface area (Å²) in [6, 6.07) is 3.39. The van der Waals surface area contributed by atoms with Crippen LogP contribution in [0, 0.1) is 5.92 Å². The number of thioether (sulfide) groups is 1. The lowest BCUT2D eigenvalue weighted by molar-refractivity contribution is -0.142. The summed E-state index contributed by atoms with van der Waals surface area (Å²) in [5.74, 6) is 0.821. The average molecular weight is 357 g/mol. The van der Waals surface area contributed by atoms with Crippen molar-refractivity contribution in [3.8, 4) is 0 Å². The summed E-state index contributed by atoms with van der Waals surface area (Å²) in [5, 5.41) is 4.08. The molecule has 0 radical (unpaired) electrons. The maximum atomic E-state index is 12.7. The molecule has 10 heteroatoms. The number of nitrogens with zero attached hydrogens (tertiary/aromatic N) is 5. The Kier molecular flexibility index (Phi) is 4.48. The first-order chi connectivity index (χ1) is 11.4. The van der Waals surface area contributed by atoms with Crippen molar-refractivity contribution in [3.05, 3.63) is 40.4 Å². The predicted molar refractivity (Wildman–Crippen MR) is 83.0 cm³/mol. The molecule has 3 rings (SSSR count). The number of hydrogen-bond donors (Lipinski definition) is 0. The molecular formula is C14H14F3N5OS. The van der Waals surface area contributed by atoms with E-state index in [0.29, 0.717) is 24.3 Å². The third-order valence-electron chi connectivity index (χ3n) is 3.67. The maximum Gasteiger partial charge on any atom is 0.435 e. The lowest BCUT2D eigenvalue weighted by atomic mass is 10.0. The Hall–Kier alpha value is -2.10. The van der Waals surface area contributed by atoms with E-state index in [0.717, 1.165) is 16.6 Å². The van der Waals surface area contributed by atoms with Crippen LogP contribution < -0.4 is 10.5 Å². The second-order valence-electron chi connectivity index (χ2n) is 5.41. The number of aromatic nitrogens is 4. The van der Waals surface area contributed by atoms with E-state index in [2.05, 4.69) is 15.1 Å². The highest BCUT2D eigenvalue weighted by Crippen LogP contribution is 2.27. The minimum atomic E-state index is -4.56. The van der Waals surface area contributed by atoms with Gasteiger partial charge in [-0.15, -0.1) is 0 Å². The van der Waals surface area contributed by atoms with Gasteiger partial charge in [-0.3, -0.25) is 4.79 Å². The molecule has 0 unspecified atom stereocenters. The number of hydrogen-bond acceptors (Lipinski definition) is 6. The summed E-state index contributed by atoms with van der Waals surface area (Å²) in [6.45, 7) is 1.37. The summed E-state index contributed by atoms with van der Waals surface area (Å²) in [4.78, 5) is 22.2. The fourth-order valence-corrected chi connectivity index (χ4v) is 2.81. The molecule has 24 heavy (non-hydrogen) atoms. The first kappa shape index (κ1) is 16.7. The Labute approximate surface area is 139 Å². The van der Waals surface area contributed by atoms with E-state index in [1.54, 1.807) is 12.3 Å². The zero-order valence-corrected chi connectivity index (χ0v) is 13.5. The number of rotatable bonds is 4. The molecule has 1 fully saturated rings. The van der Waals surface area contributed by atoms with Gasteiger partial charge in [0.2, 0.25) is 0 Å². The molecule has 3 heterocycles. The molecule has 0 saturated carbocycles. The molecule has 6 nitrogen and oxygen atoms in total. The van der Waals surface area contributed by atoms with E-state index < -0.39 is 17.4 Å². The van der Waals surface area contributed by atoms with Crippen molar-refractivity contribution in [1.29, 1.82) is 0 Å². The van der Waals surface area contributed by atoms with E-state index >= 15 is 0 Å². The van der Waals surface area contributed by atoms with Crippen molar-refractivity contribution in [2.24, 2.45) is 5.92 Å². The van der Waals surface area contributed by atoms with Crippen molar-refractivity contribution in [2.45, 2.75) is 17.9 Å². The Bertz CT molecular complexity index is 788. The molecule has 0 atom stereocenters. The van der Waals surface area contributed by atoms with Gasteiger partial charge in [-0.25, -0.2) is 14.6 Å². The van der Waals surface area contributed by atoms with Crippen molar-refractivity contribution < 1.29 is 13.2 Å². The van der Waals surface area contributed by atoms with Crippen LogP contribution in [0.5, 0.6) is 0 Å². The second-order valence-corrected chi connectivity index (χ2v) is 6.18. The van der Waals surface area contributed by atoms with Crippen LogP contribution in [0.1, 0.15) is 5.69 Å². The molecule has 0 amide bonds. The van der Waals surface area contributed by atoms with Gasteiger partial charge in [0, 0.05) is 31.3 Å². The Balaban J connectivity index is 1.66. The Morgan fingerprint density at radius 3 is 2.71 bits per heavy atom. The number of halogens is 3. The Morgan fingerprint density at radius 1 is 1.29 bits per heavy atom. The van der Waals surface area contributed by atoms with Crippen LogP contribution in [0.3, 0.4) is 0 Å². The Morgan fingerprint density at radius 2 is 2.04 bits per heavy atom. The maximum absolute atomic E-state index is 12.7. The van der Waals surface area contributed by atoms with Gasteiger partial charge in [0.05, 0.1) is 6.54 Å². The molecule has 128 valence electrons. The molecule has 1 saturated heterocycles. The SMILES string of the molecule is CSc1nccc(N2CC(Cn3nc(C(F)(F)F)ccc3=O)C2)n1. The summed E-state index contributed by atoms with van der Waals surface area (Å²) >= 11 is 1.43. The third-order valence-corrected chi connectivity index (χ3v) is 4.23. The third kappa shape index (κ3) is 3.53. The molecule has 0 aromatic carbocycles. The van der Waals surface area contributed by atoms with Gasteiger partial charge in [0.25, 0.3) is 5.56 Å². The van der Waals surface area contributed by atoms with Crippen molar-refractivity contribution in [2.75, 3.05) is 24.2 Å². The van der Waals surface area contributed by atoms with E-state index in [-0.39, 0.29) is 12.5 Å². The topological polar surface area (TPSA) is 63.9 Å². The molecule has 0 aliphatic carbocycles. The van der Waals surface area contributed by atoms with Crippen molar-refractivity contribution in [1.82, 2.24) is 19.7 Å². The molecule has 1 aliphatic rings. The van der Waals surface area contributed by atoms with Crippen LogP contribution in [0.4, 0.5) is 19.0 Å². The first-order valence-electron chi connectivity index (χ1n) is 7.14. The van der Waals surface area contributed by atoms with Crippen LogP contribution in [0.15, 0.2) is 34.3 Å². The van der Waals surface area contributed by atoms with Crippen molar-refractivity contribution >= 4 is 17.6 Å². The standard InChI is InChI=1S/C14H14F3N5OS/c1-24-13-18-5-4-11(19-13)21-6-9(7-21)8-22-12(23)3-2-10(20-22)14(15,16)17/h2-5,9H,6-8H2,1H3. The van der Waals surface area contributed by atoms with Crippen LogP contribution in [0.25, 0.3) is 0 Å². The highest BCUT2D eigenvalue weighted by atomic mass is 32.2. The lowest BCUT2D eigenvalue weighted by Gasteiger charge is -2.40. The first-order valence-corrected chi connectivity index (χ1v) is 8.36. The van der Waals surface area contributed by atoms with E-state index in [9.17, 15) is 18.0 Å². The molecule has 1 aliphatic heterocycles. The van der Waals surface area contributed by atoms with Crippen molar-refractivity contribution in [3.63, 3.8) is 0 Å². The molecule has 0 spiro atoms. The number of alkyl halides is 3.